The number of unbranched alkanes of at least 4 members (excludes halogenated alkanes) is 8. The van der Waals surface area contributed by atoms with Gasteiger partial charge in [-0.1, -0.05) is 58.3 Å². The molecule has 0 saturated carbocycles. The molecule has 0 heterocycles. The maximum atomic E-state index is 12.3. The molecule has 158 valence electrons. The van der Waals surface area contributed by atoms with E-state index in [-0.39, 0.29) is 6.42 Å². The Morgan fingerprint density at radius 3 is 2.07 bits per heavy atom. The molecule has 0 aliphatic rings. The van der Waals surface area contributed by atoms with Crippen LogP contribution in [0.3, 0.4) is 0 Å². The van der Waals surface area contributed by atoms with Gasteiger partial charge in [0, 0.05) is 18.1 Å². The van der Waals surface area contributed by atoms with Gasteiger partial charge in [-0.3, -0.25) is 4.79 Å². The number of benzene rings is 1. The molecule has 0 amide bonds. The van der Waals surface area contributed by atoms with Gasteiger partial charge in [-0.15, -0.1) is 13.2 Å². The molecule has 0 bridgehead atoms. The number of hydrogen-bond donors (Lipinski definition) is 0. The van der Waals surface area contributed by atoms with Gasteiger partial charge >= 0.3 is 12.3 Å². The lowest BCUT2D eigenvalue weighted by molar-refractivity contribution is -0.274. The maximum Gasteiger partial charge on any atom is 0.573 e. The molecule has 0 fully saturated rings. The summed E-state index contributed by atoms with van der Waals surface area (Å²) in [6.07, 6.45) is 4.61. The van der Waals surface area contributed by atoms with Crippen LogP contribution in [0.4, 0.5) is 13.2 Å². The summed E-state index contributed by atoms with van der Waals surface area (Å²) >= 11 is 0. The van der Waals surface area contributed by atoms with Crippen molar-refractivity contribution in [3.8, 4) is 11.5 Å². The Hall–Kier alpha value is -2.25. The van der Waals surface area contributed by atoms with Crippen LogP contribution < -0.4 is 14.6 Å². The first kappa shape index (κ1) is 23.8. The van der Waals surface area contributed by atoms with Gasteiger partial charge in [0.25, 0.3) is 0 Å². The molecule has 8 heteroatoms. The molecule has 0 aliphatic heterocycles. The summed E-state index contributed by atoms with van der Waals surface area (Å²) in [5.74, 6) is -3.58. The minimum absolute atomic E-state index is 0.0483. The molecule has 0 spiro atoms. The van der Waals surface area contributed by atoms with Crippen molar-refractivity contribution in [3.63, 3.8) is 0 Å². The third-order valence-corrected chi connectivity index (χ3v) is 4.11. The van der Waals surface area contributed by atoms with Gasteiger partial charge in [0.1, 0.15) is 11.5 Å². The largest absolute Gasteiger partial charge is 0.573 e. The number of esters is 1. The fourth-order valence-corrected chi connectivity index (χ4v) is 2.71. The number of halogens is 3. The van der Waals surface area contributed by atoms with Crippen LogP contribution in [-0.4, -0.2) is 18.3 Å². The molecule has 0 atom stereocenters. The standard InChI is InChI=1S/C20H27F3O5/c1-2-3-4-5-6-7-8-9-10-11-18(24)27-17-14-15(28-20(21,22)23)12-13-16(17)19(25)26/h12-14H,2-11H2,1H3,(H,25,26)/p-1. The first-order valence-corrected chi connectivity index (χ1v) is 9.54. The zero-order valence-corrected chi connectivity index (χ0v) is 16.0. The highest BCUT2D eigenvalue weighted by Crippen LogP contribution is 2.29. The number of ether oxygens (including phenoxy) is 2. The lowest BCUT2D eigenvalue weighted by Crippen LogP contribution is -2.24. The molecule has 0 aromatic heterocycles. The van der Waals surface area contributed by atoms with Crippen molar-refractivity contribution in [2.24, 2.45) is 0 Å². The lowest BCUT2D eigenvalue weighted by atomic mass is 10.1. The second kappa shape index (κ2) is 12.3. The van der Waals surface area contributed by atoms with Crippen molar-refractivity contribution >= 4 is 11.9 Å². The molecular formula is C20H26F3O5-. The summed E-state index contributed by atoms with van der Waals surface area (Å²) in [5, 5.41) is 11.1. The number of carbonyl (C=O) groups is 2. The van der Waals surface area contributed by atoms with Crippen molar-refractivity contribution in [1.29, 1.82) is 0 Å². The van der Waals surface area contributed by atoms with E-state index >= 15 is 0 Å². The number of rotatable bonds is 13. The van der Waals surface area contributed by atoms with E-state index in [0.717, 1.165) is 37.8 Å². The van der Waals surface area contributed by atoms with Gasteiger partial charge in [0.2, 0.25) is 0 Å². The van der Waals surface area contributed by atoms with Crippen LogP contribution in [0.25, 0.3) is 0 Å². The van der Waals surface area contributed by atoms with E-state index in [1.54, 1.807) is 0 Å². The van der Waals surface area contributed by atoms with Gasteiger partial charge in [-0.05, 0) is 18.6 Å². The number of carboxylic acids is 1. The Kier molecular flexibility index (Phi) is 10.4. The van der Waals surface area contributed by atoms with Crippen molar-refractivity contribution in [2.45, 2.75) is 77.5 Å². The Morgan fingerprint density at radius 2 is 1.54 bits per heavy atom. The quantitative estimate of drug-likeness (QED) is 0.269. The Bertz CT molecular complexity index is 629. The van der Waals surface area contributed by atoms with Crippen molar-refractivity contribution in [2.75, 3.05) is 0 Å². The number of alkyl halides is 3. The Balaban J connectivity index is 2.45. The summed E-state index contributed by atoms with van der Waals surface area (Å²) in [6, 6.07) is 2.38. The number of aromatic carboxylic acids is 1. The number of hydrogen-bond acceptors (Lipinski definition) is 5. The van der Waals surface area contributed by atoms with Crippen LogP contribution in [0.5, 0.6) is 11.5 Å². The average molecular weight is 403 g/mol. The SMILES string of the molecule is CCCCCCCCCCCC(=O)Oc1cc(OC(F)(F)F)ccc1C(=O)[O-]. The molecule has 1 aromatic rings. The first-order chi connectivity index (χ1) is 13.2. The van der Waals surface area contributed by atoms with Crippen LogP contribution in [0, 0.1) is 0 Å². The molecule has 1 aromatic carbocycles. The minimum Gasteiger partial charge on any atom is -0.545 e. The van der Waals surface area contributed by atoms with E-state index in [2.05, 4.69) is 11.7 Å². The summed E-state index contributed by atoms with van der Waals surface area (Å²) in [7, 11) is 0. The molecule has 0 unspecified atom stereocenters. The number of carboxylic acid groups (broad SMARTS) is 1. The highest BCUT2D eigenvalue weighted by molar-refractivity contribution is 5.90. The van der Waals surface area contributed by atoms with Crippen LogP contribution in [-0.2, 0) is 4.79 Å². The fourth-order valence-electron chi connectivity index (χ4n) is 2.71. The summed E-state index contributed by atoms with van der Waals surface area (Å²) in [6.45, 7) is 2.16. The number of carbonyl (C=O) groups excluding carboxylic acids is 2. The predicted molar refractivity (Wildman–Crippen MR) is 94.9 cm³/mol. The van der Waals surface area contributed by atoms with Crippen LogP contribution in [0.2, 0.25) is 0 Å². The van der Waals surface area contributed by atoms with Crippen molar-refractivity contribution < 1.29 is 37.3 Å². The van der Waals surface area contributed by atoms with Crippen LogP contribution in [0.15, 0.2) is 18.2 Å². The van der Waals surface area contributed by atoms with E-state index in [1.807, 2.05) is 0 Å². The first-order valence-electron chi connectivity index (χ1n) is 9.54. The highest BCUT2D eigenvalue weighted by atomic mass is 19.4. The molecular weight excluding hydrogens is 377 g/mol. The normalized spacial score (nSPS) is 11.3. The highest BCUT2D eigenvalue weighted by Gasteiger charge is 2.31. The van der Waals surface area contributed by atoms with Gasteiger partial charge in [-0.25, -0.2) is 0 Å². The zero-order valence-electron chi connectivity index (χ0n) is 16.0. The lowest BCUT2D eigenvalue weighted by Gasteiger charge is -2.14. The summed E-state index contributed by atoms with van der Waals surface area (Å²) < 4.78 is 45.5. The third-order valence-electron chi connectivity index (χ3n) is 4.11. The smallest absolute Gasteiger partial charge is 0.545 e. The average Bonchev–Trinajstić information content (AvgIpc) is 2.58. The summed E-state index contributed by atoms with van der Waals surface area (Å²) in [5.41, 5.74) is -0.519. The molecule has 0 aliphatic carbocycles. The second-order valence-corrected chi connectivity index (χ2v) is 6.55. The monoisotopic (exact) mass is 403 g/mol. The zero-order chi connectivity index (χ0) is 21.0. The van der Waals surface area contributed by atoms with Crippen LogP contribution in [0.1, 0.15) is 81.5 Å². The maximum absolute atomic E-state index is 12.3. The van der Waals surface area contributed by atoms with Crippen molar-refractivity contribution in [1.82, 2.24) is 0 Å². The molecule has 5 nitrogen and oxygen atoms in total. The summed E-state index contributed by atoms with van der Waals surface area (Å²) in [4.78, 5) is 23.0. The van der Waals surface area contributed by atoms with E-state index in [0.29, 0.717) is 12.5 Å². The Morgan fingerprint density at radius 1 is 0.964 bits per heavy atom. The molecule has 0 radical (unpaired) electrons. The molecule has 0 N–H and O–H groups in total. The molecule has 28 heavy (non-hydrogen) atoms. The second-order valence-electron chi connectivity index (χ2n) is 6.55. The Labute approximate surface area is 162 Å². The van der Waals surface area contributed by atoms with E-state index in [1.165, 1.54) is 25.7 Å². The predicted octanol–water partition coefficient (Wildman–Crippen LogP) is 4.78. The van der Waals surface area contributed by atoms with Gasteiger partial charge in [-0.2, -0.15) is 0 Å². The van der Waals surface area contributed by atoms with E-state index < -0.39 is 35.4 Å². The fraction of sp³-hybridized carbons (Fsp3) is 0.600. The van der Waals surface area contributed by atoms with Gasteiger partial charge in [0.05, 0.1) is 5.97 Å². The van der Waals surface area contributed by atoms with Crippen molar-refractivity contribution in [3.05, 3.63) is 23.8 Å². The van der Waals surface area contributed by atoms with Crippen LogP contribution >= 0.6 is 0 Å². The topological polar surface area (TPSA) is 75.7 Å². The molecule has 0 saturated heterocycles. The van der Waals surface area contributed by atoms with Gasteiger partial charge < -0.3 is 19.4 Å². The molecule has 1 rings (SSSR count). The minimum atomic E-state index is -4.94. The van der Waals surface area contributed by atoms with E-state index in [9.17, 15) is 27.9 Å². The third kappa shape index (κ3) is 10.2. The van der Waals surface area contributed by atoms with Gasteiger partial charge in [0.15, 0.2) is 0 Å². The van der Waals surface area contributed by atoms with E-state index in [4.69, 9.17) is 4.74 Å².